The number of anilines is 4. The molecule has 0 spiro atoms. The van der Waals surface area contributed by atoms with Crippen molar-refractivity contribution in [1.82, 2.24) is 24.5 Å². The molecule has 0 radical (unpaired) electrons. The number of nitrogens with zero attached hydrogens (tertiary/aromatic N) is 3. The van der Waals surface area contributed by atoms with Crippen molar-refractivity contribution in [3.05, 3.63) is 138 Å². The van der Waals surface area contributed by atoms with Crippen LogP contribution in [0.5, 0.6) is 0 Å². The Kier molecular flexibility index (Phi) is 14.2. The molecule has 0 bridgehead atoms. The van der Waals surface area contributed by atoms with Crippen LogP contribution < -0.4 is 54.9 Å². The van der Waals surface area contributed by atoms with Crippen molar-refractivity contribution >= 4 is 55.3 Å². The van der Waals surface area contributed by atoms with E-state index < -0.39 is 38.2 Å². The van der Waals surface area contributed by atoms with Crippen LogP contribution >= 0.6 is 0 Å². The maximum Gasteiger partial charge on any atom is 1.00 e. The Morgan fingerprint density at radius 2 is 1.46 bits per heavy atom. The molecule has 15 nitrogen and oxygen atoms in total. The van der Waals surface area contributed by atoms with Gasteiger partial charge in [-0.1, -0.05) is 78.9 Å². The molecule has 1 amide bonds. The van der Waals surface area contributed by atoms with Gasteiger partial charge in [0.05, 0.1) is 22.2 Å². The summed E-state index contributed by atoms with van der Waals surface area (Å²) < 4.78 is 60.1. The Morgan fingerprint density at radius 3 is 2.12 bits per heavy atom. The first-order valence-electron chi connectivity index (χ1n) is 17.2. The van der Waals surface area contributed by atoms with Crippen LogP contribution in [0, 0.1) is 6.92 Å². The van der Waals surface area contributed by atoms with Gasteiger partial charge in [0.1, 0.15) is 12.4 Å². The predicted molar refractivity (Wildman–Crippen MR) is 203 cm³/mol. The summed E-state index contributed by atoms with van der Waals surface area (Å²) >= 11 is 0. The molecule has 1 heterocycles. The first-order valence-corrected chi connectivity index (χ1v) is 20.2. The third kappa shape index (κ3) is 11.6. The zero-order valence-corrected chi connectivity index (χ0v) is 34.2. The van der Waals surface area contributed by atoms with Crippen LogP contribution in [0.25, 0.3) is 0 Å². The topological polar surface area (TPSA) is 212 Å². The van der Waals surface area contributed by atoms with E-state index in [0.717, 1.165) is 5.56 Å². The number of carbonyl (C=O) groups excluding carboxylic acids is 2. The van der Waals surface area contributed by atoms with E-state index in [1.54, 1.807) is 98.0 Å². The minimum atomic E-state index is -4.60. The van der Waals surface area contributed by atoms with Crippen LogP contribution in [-0.4, -0.2) is 55.2 Å². The number of aryl methyl sites for hydroxylation is 1. The predicted octanol–water partition coefficient (Wildman–Crippen LogP) is 1.05. The van der Waals surface area contributed by atoms with E-state index in [-0.39, 0.29) is 70.9 Å². The Hall–Kier alpha value is -4.88. The number of carboxylic acids is 1. The SMILES string of the molecule is Cc1cnc(Nc2cccc(S(=O)(=O)NN(C(=O)OCc3ccccc3)[C@@H](Cc3ccccc3)C(=O)[O-])c2)nc1Nc1cccc(CNS(=O)(=O)C2CC2)c1.[Na+]. The molecule has 18 heteroatoms. The summed E-state index contributed by atoms with van der Waals surface area (Å²) in [4.78, 5) is 36.5. The number of hydrogen-bond donors (Lipinski definition) is 4. The molecule has 4 aromatic carbocycles. The molecule has 6 rings (SSSR count). The van der Waals surface area contributed by atoms with Crippen LogP contribution in [0.15, 0.2) is 120 Å². The fraction of sp³-hybridized carbons (Fsp3) is 0.211. The van der Waals surface area contributed by atoms with Gasteiger partial charge in [0.2, 0.25) is 16.0 Å². The smallest absolute Gasteiger partial charge is 0.548 e. The molecular formula is C38H38N7NaO8S2. The van der Waals surface area contributed by atoms with Crippen LogP contribution in [0.2, 0.25) is 0 Å². The van der Waals surface area contributed by atoms with E-state index >= 15 is 0 Å². The normalized spacial score (nSPS) is 13.2. The number of hydrogen-bond acceptors (Lipinski definition) is 12. The number of carbonyl (C=O) groups is 2. The molecule has 5 aromatic rings. The van der Waals surface area contributed by atoms with Crippen molar-refractivity contribution in [2.75, 3.05) is 10.6 Å². The van der Waals surface area contributed by atoms with Crippen molar-refractivity contribution in [1.29, 1.82) is 0 Å². The molecule has 4 N–H and O–H groups in total. The molecule has 286 valence electrons. The third-order valence-corrected chi connectivity index (χ3v) is 11.7. The van der Waals surface area contributed by atoms with Crippen molar-refractivity contribution in [3.63, 3.8) is 0 Å². The number of hydrazine groups is 1. The molecule has 1 aromatic heterocycles. The number of aliphatic carboxylic acids is 1. The second-order valence-corrected chi connectivity index (χ2v) is 16.5. The van der Waals surface area contributed by atoms with Crippen LogP contribution in [-0.2, 0) is 49.2 Å². The minimum Gasteiger partial charge on any atom is -0.548 e. The van der Waals surface area contributed by atoms with Gasteiger partial charge >= 0.3 is 35.7 Å². The van der Waals surface area contributed by atoms with Crippen molar-refractivity contribution in [3.8, 4) is 0 Å². The van der Waals surface area contributed by atoms with E-state index in [9.17, 15) is 31.5 Å². The van der Waals surface area contributed by atoms with Gasteiger partial charge in [0, 0.05) is 29.7 Å². The van der Waals surface area contributed by atoms with Gasteiger partial charge in [-0.25, -0.2) is 36.3 Å². The minimum absolute atomic E-state index is 0. The number of carboxylic acid groups (broad SMARTS) is 1. The summed E-state index contributed by atoms with van der Waals surface area (Å²) in [5, 5.41) is 18.7. The van der Waals surface area contributed by atoms with Gasteiger partial charge < -0.3 is 25.3 Å². The molecule has 1 atom stereocenters. The summed E-state index contributed by atoms with van der Waals surface area (Å²) in [6.07, 6.45) is 1.38. The summed E-state index contributed by atoms with van der Waals surface area (Å²) in [6, 6.07) is 28.0. The quantitative estimate of drug-likeness (QED) is 0.0768. The molecule has 1 saturated carbocycles. The summed E-state index contributed by atoms with van der Waals surface area (Å²) in [5.74, 6) is -1.14. The Labute approximate surface area is 347 Å². The van der Waals surface area contributed by atoms with Crippen LogP contribution in [0.3, 0.4) is 0 Å². The Morgan fingerprint density at radius 1 is 0.839 bits per heavy atom. The summed E-state index contributed by atoms with van der Waals surface area (Å²) in [7, 11) is -7.94. The first-order chi connectivity index (χ1) is 26.4. The Bertz CT molecular complexity index is 2370. The van der Waals surface area contributed by atoms with Gasteiger partial charge in [-0.3, -0.25) is 0 Å². The number of aromatic nitrogens is 2. The number of ether oxygens (including phenoxy) is 1. The number of sulfonamides is 2. The van der Waals surface area contributed by atoms with Crippen LogP contribution in [0.1, 0.15) is 35.1 Å². The summed E-state index contributed by atoms with van der Waals surface area (Å²) in [6.45, 7) is 1.70. The van der Waals surface area contributed by atoms with Gasteiger partial charge in [-0.15, -0.1) is 4.83 Å². The number of amides is 1. The van der Waals surface area contributed by atoms with E-state index in [4.69, 9.17) is 4.74 Å². The van der Waals surface area contributed by atoms with Gasteiger partial charge in [0.25, 0.3) is 10.0 Å². The Balaban J connectivity index is 0.00000600. The molecule has 0 unspecified atom stereocenters. The number of benzene rings is 4. The third-order valence-electron chi connectivity index (χ3n) is 8.48. The van der Waals surface area contributed by atoms with E-state index in [1.807, 2.05) is 6.07 Å². The van der Waals surface area contributed by atoms with Gasteiger partial charge in [0.15, 0.2) is 0 Å². The van der Waals surface area contributed by atoms with Crippen molar-refractivity contribution in [2.24, 2.45) is 0 Å². The van der Waals surface area contributed by atoms with E-state index in [2.05, 4.69) is 30.2 Å². The van der Waals surface area contributed by atoms with Crippen molar-refractivity contribution < 1.29 is 65.8 Å². The average Bonchev–Trinajstić information content (AvgIpc) is 4.04. The average molecular weight is 808 g/mol. The standard InChI is InChI=1S/C38H39N7O8S2.Na/c1-26-23-39-37(43-35(26)41-30-15-8-14-29(20-30)24-40-54(49,50)32-18-19-32)42-31-16-9-17-33(22-31)55(51,52)44-45(38(48)53-25-28-12-6-3-7-13-28)34(36(46)47)21-27-10-4-2-5-11-27;/h2-17,20,22-23,32,34,40,44H,18-19,21,24-25H2,1H3,(H,46,47)(H2,39,41,42,43);/q;+1/p-1/t34-;/m0./s1. The number of rotatable bonds is 17. The largest absolute Gasteiger partial charge is 1.00 e. The molecular weight excluding hydrogens is 770 g/mol. The zero-order valence-electron chi connectivity index (χ0n) is 30.6. The monoisotopic (exact) mass is 807 g/mol. The molecule has 1 aliphatic carbocycles. The molecule has 1 aliphatic rings. The second kappa shape index (κ2) is 18.8. The molecule has 1 fully saturated rings. The van der Waals surface area contributed by atoms with Gasteiger partial charge in [-0.05, 0) is 73.2 Å². The maximum absolute atomic E-state index is 13.8. The fourth-order valence-electron chi connectivity index (χ4n) is 5.39. The molecule has 0 saturated heterocycles. The molecule has 0 aliphatic heterocycles. The fourth-order valence-corrected chi connectivity index (χ4v) is 7.86. The molecule has 56 heavy (non-hydrogen) atoms. The van der Waals surface area contributed by atoms with E-state index in [1.165, 1.54) is 18.2 Å². The van der Waals surface area contributed by atoms with Crippen molar-refractivity contribution in [2.45, 2.75) is 55.5 Å². The second-order valence-electron chi connectivity index (χ2n) is 12.8. The number of nitrogens with one attached hydrogen (secondary N) is 4. The zero-order chi connectivity index (χ0) is 39.0. The summed E-state index contributed by atoms with van der Waals surface area (Å²) in [5.41, 5.74) is 3.48. The van der Waals surface area contributed by atoms with Gasteiger partial charge in [-0.2, -0.15) is 4.98 Å². The van der Waals surface area contributed by atoms with Crippen LogP contribution in [0.4, 0.5) is 27.9 Å². The maximum atomic E-state index is 13.8. The van der Waals surface area contributed by atoms with E-state index in [0.29, 0.717) is 46.0 Å². The first kappa shape index (κ1) is 42.3.